The molecule has 8 heteroatoms. The van der Waals surface area contributed by atoms with Gasteiger partial charge in [-0.15, -0.1) is 0 Å². The van der Waals surface area contributed by atoms with Crippen LogP contribution >= 0.6 is 0 Å². The van der Waals surface area contributed by atoms with E-state index in [0.717, 1.165) is 0 Å². The largest absolute Gasteiger partial charge is 0.445 e. The molecule has 0 aliphatic heterocycles. The van der Waals surface area contributed by atoms with E-state index in [1.807, 2.05) is 0 Å². The normalized spacial score (nSPS) is 12.1. The van der Waals surface area contributed by atoms with Crippen LogP contribution in [0.1, 0.15) is 5.56 Å². The van der Waals surface area contributed by atoms with Crippen molar-refractivity contribution >= 4 is 6.09 Å². The average molecular weight is 295 g/mol. The summed E-state index contributed by atoms with van der Waals surface area (Å²) in [5.74, 6) is -9.17. The SMILES string of the molecule is O=C(NCC(F)(F)C(F)(F)CO)OCc1ccccc1. The molecule has 0 atom stereocenters. The van der Waals surface area contributed by atoms with Crippen LogP contribution in [0, 0.1) is 0 Å². The molecule has 1 aromatic carbocycles. The first kappa shape index (κ1) is 16.2. The summed E-state index contributed by atoms with van der Waals surface area (Å²) in [6, 6.07) is 8.39. The van der Waals surface area contributed by atoms with E-state index in [1.165, 1.54) is 5.32 Å². The molecule has 1 rings (SSSR count). The summed E-state index contributed by atoms with van der Waals surface area (Å²) >= 11 is 0. The highest BCUT2D eigenvalue weighted by Gasteiger charge is 2.55. The van der Waals surface area contributed by atoms with E-state index in [4.69, 9.17) is 5.11 Å². The van der Waals surface area contributed by atoms with Crippen LogP contribution in [0.3, 0.4) is 0 Å². The van der Waals surface area contributed by atoms with Crippen LogP contribution < -0.4 is 5.32 Å². The molecule has 0 radical (unpaired) electrons. The molecule has 0 bridgehead atoms. The van der Waals surface area contributed by atoms with Gasteiger partial charge in [0.05, 0.1) is 6.54 Å². The molecular formula is C12H13F4NO3. The Morgan fingerprint density at radius 3 is 2.30 bits per heavy atom. The number of aliphatic hydroxyl groups is 1. The van der Waals surface area contributed by atoms with E-state index in [1.54, 1.807) is 30.3 Å². The van der Waals surface area contributed by atoms with Crippen LogP contribution in [0.2, 0.25) is 0 Å². The molecule has 0 heterocycles. The lowest BCUT2D eigenvalue weighted by Crippen LogP contribution is -2.51. The number of rotatable bonds is 6. The molecule has 0 saturated carbocycles. The summed E-state index contributed by atoms with van der Waals surface area (Å²) < 4.78 is 55.7. The third-order valence-electron chi connectivity index (χ3n) is 2.40. The van der Waals surface area contributed by atoms with Gasteiger partial charge < -0.3 is 15.2 Å². The Hall–Kier alpha value is -1.83. The van der Waals surface area contributed by atoms with E-state index in [-0.39, 0.29) is 6.61 Å². The van der Waals surface area contributed by atoms with E-state index in [2.05, 4.69) is 4.74 Å². The standard InChI is InChI=1S/C12H13F4NO3/c13-11(14,12(15,16)8-18)7-17-10(19)20-6-9-4-2-1-3-5-9/h1-5,18H,6-8H2,(H,17,19). The molecule has 112 valence electrons. The molecule has 4 nitrogen and oxygen atoms in total. The molecule has 0 spiro atoms. The molecule has 0 aliphatic rings. The minimum atomic E-state index is -4.61. The summed E-state index contributed by atoms with van der Waals surface area (Å²) in [5, 5.41) is 9.70. The third kappa shape index (κ3) is 4.37. The zero-order valence-corrected chi connectivity index (χ0v) is 10.3. The third-order valence-corrected chi connectivity index (χ3v) is 2.40. The predicted octanol–water partition coefficient (Wildman–Crippen LogP) is 2.18. The Morgan fingerprint density at radius 2 is 1.75 bits per heavy atom. The Bertz CT molecular complexity index is 440. The first-order valence-corrected chi connectivity index (χ1v) is 5.59. The van der Waals surface area contributed by atoms with Crippen molar-refractivity contribution in [3.8, 4) is 0 Å². The zero-order valence-electron chi connectivity index (χ0n) is 10.3. The van der Waals surface area contributed by atoms with Gasteiger partial charge in [-0.1, -0.05) is 30.3 Å². The number of hydrogen-bond donors (Lipinski definition) is 2. The Labute approximate surface area is 112 Å². The van der Waals surface area contributed by atoms with Crippen molar-refractivity contribution in [2.45, 2.75) is 18.5 Å². The summed E-state index contributed by atoms with van der Waals surface area (Å²) in [6.45, 7) is -3.82. The highest BCUT2D eigenvalue weighted by atomic mass is 19.3. The first-order valence-electron chi connectivity index (χ1n) is 5.59. The zero-order chi connectivity index (χ0) is 15.2. The van der Waals surface area contributed by atoms with Gasteiger partial charge in [0.1, 0.15) is 13.2 Å². The highest BCUT2D eigenvalue weighted by molar-refractivity contribution is 5.67. The van der Waals surface area contributed by atoms with Crippen LogP contribution in [0.5, 0.6) is 0 Å². The quantitative estimate of drug-likeness (QED) is 0.791. The van der Waals surface area contributed by atoms with Crippen molar-refractivity contribution in [1.29, 1.82) is 0 Å². The maximum absolute atomic E-state index is 12.9. The number of benzene rings is 1. The maximum Gasteiger partial charge on any atom is 0.407 e. The lowest BCUT2D eigenvalue weighted by Gasteiger charge is -2.24. The van der Waals surface area contributed by atoms with Crippen LogP contribution in [-0.4, -0.2) is 36.2 Å². The van der Waals surface area contributed by atoms with Crippen LogP contribution in [0.4, 0.5) is 22.4 Å². The summed E-state index contributed by atoms with van der Waals surface area (Å²) in [6.07, 6.45) is -1.25. The lowest BCUT2D eigenvalue weighted by atomic mass is 10.2. The van der Waals surface area contributed by atoms with E-state index >= 15 is 0 Å². The highest BCUT2D eigenvalue weighted by Crippen LogP contribution is 2.32. The summed E-state index contributed by atoms with van der Waals surface area (Å²) in [7, 11) is 0. The number of hydrogen-bond acceptors (Lipinski definition) is 3. The molecule has 0 aromatic heterocycles. The molecule has 1 amide bonds. The van der Waals surface area contributed by atoms with Crippen molar-refractivity contribution < 1.29 is 32.2 Å². The predicted molar refractivity (Wildman–Crippen MR) is 61.6 cm³/mol. The Morgan fingerprint density at radius 1 is 1.15 bits per heavy atom. The van der Waals surface area contributed by atoms with Crippen LogP contribution in [-0.2, 0) is 11.3 Å². The van der Waals surface area contributed by atoms with Gasteiger partial charge in [0, 0.05) is 0 Å². The number of nitrogens with one attached hydrogen (secondary N) is 1. The van der Waals surface area contributed by atoms with Gasteiger partial charge in [-0.3, -0.25) is 0 Å². The molecule has 0 aliphatic carbocycles. The fourth-order valence-corrected chi connectivity index (χ4v) is 1.20. The van der Waals surface area contributed by atoms with Crippen molar-refractivity contribution in [2.24, 2.45) is 0 Å². The first-order chi connectivity index (χ1) is 9.28. The minimum Gasteiger partial charge on any atom is -0.445 e. The number of carbonyl (C=O) groups excluding carboxylic acids is 1. The van der Waals surface area contributed by atoms with E-state index < -0.39 is 31.1 Å². The Balaban J connectivity index is 2.40. The van der Waals surface area contributed by atoms with E-state index in [9.17, 15) is 22.4 Å². The van der Waals surface area contributed by atoms with Crippen molar-refractivity contribution in [1.82, 2.24) is 5.32 Å². The molecule has 1 aromatic rings. The van der Waals surface area contributed by atoms with Gasteiger partial charge in [-0.05, 0) is 5.56 Å². The molecule has 0 unspecified atom stereocenters. The fraction of sp³-hybridized carbons (Fsp3) is 0.417. The Kier molecular flexibility index (Phi) is 5.32. The smallest absolute Gasteiger partial charge is 0.407 e. The van der Waals surface area contributed by atoms with Gasteiger partial charge in [-0.2, -0.15) is 17.6 Å². The average Bonchev–Trinajstić information content (AvgIpc) is 2.44. The molecular weight excluding hydrogens is 282 g/mol. The monoisotopic (exact) mass is 295 g/mol. The van der Waals surface area contributed by atoms with Gasteiger partial charge in [0.25, 0.3) is 0 Å². The van der Waals surface area contributed by atoms with Gasteiger partial charge >= 0.3 is 17.9 Å². The second-order valence-electron chi connectivity index (χ2n) is 3.98. The maximum atomic E-state index is 12.9. The molecule has 0 fully saturated rings. The molecule has 20 heavy (non-hydrogen) atoms. The summed E-state index contributed by atoms with van der Waals surface area (Å²) in [5.41, 5.74) is 0.620. The van der Waals surface area contributed by atoms with E-state index in [0.29, 0.717) is 5.56 Å². The molecule has 2 N–H and O–H groups in total. The van der Waals surface area contributed by atoms with Crippen molar-refractivity contribution in [3.05, 3.63) is 35.9 Å². The van der Waals surface area contributed by atoms with Gasteiger partial charge in [0.15, 0.2) is 0 Å². The number of carbonyl (C=O) groups is 1. The minimum absolute atomic E-state index is 0.172. The number of ether oxygens (including phenoxy) is 1. The number of alkyl carbamates (subject to hydrolysis) is 1. The number of alkyl halides is 4. The van der Waals surface area contributed by atoms with Gasteiger partial charge in [0.2, 0.25) is 0 Å². The van der Waals surface area contributed by atoms with Gasteiger partial charge in [-0.25, -0.2) is 4.79 Å². The summed E-state index contributed by atoms with van der Waals surface area (Å²) in [4.78, 5) is 11.1. The second kappa shape index (κ2) is 6.56. The van der Waals surface area contributed by atoms with Crippen LogP contribution in [0.25, 0.3) is 0 Å². The number of halogens is 4. The van der Waals surface area contributed by atoms with Crippen LogP contribution in [0.15, 0.2) is 30.3 Å². The fourth-order valence-electron chi connectivity index (χ4n) is 1.20. The lowest BCUT2D eigenvalue weighted by molar-refractivity contribution is -0.221. The topological polar surface area (TPSA) is 58.6 Å². The number of amides is 1. The molecule has 0 saturated heterocycles. The van der Waals surface area contributed by atoms with Crippen molar-refractivity contribution in [3.63, 3.8) is 0 Å². The second-order valence-corrected chi connectivity index (χ2v) is 3.98. The van der Waals surface area contributed by atoms with Crippen molar-refractivity contribution in [2.75, 3.05) is 13.2 Å². The number of aliphatic hydroxyl groups excluding tert-OH is 1.